The lowest BCUT2D eigenvalue weighted by Gasteiger charge is -2.26. The van der Waals surface area contributed by atoms with Gasteiger partial charge in [-0.2, -0.15) is 0 Å². The van der Waals surface area contributed by atoms with Crippen LogP contribution in [0.2, 0.25) is 10.0 Å². The number of fused-ring (bicyclic) bond motifs is 1. The molecule has 120 valence electrons. The molecule has 0 N–H and O–H groups in total. The Bertz CT molecular complexity index is 750. The molecule has 3 rings (SSSR count). The molecule has 1 amide bonds. The third-order valence-electron chi connectivity index (χ3n) is 3.99. The van der Waals surface area contributed by atoms with Crippen LogP contribution in [0.4, 0.5) is 5.69 Å². The van der Waals surface area contributed by atoms with Gasteiger partial charge >= 0.3 is 0 Å². The van der Waals surface area contributed by atoms with E-state index in [1.165, 1.54) is 17.3 Å². The molecule has 0 aliphatic carbocycles. The second-order valence-corrected chi connectivity index (χ2v) is 7.95. The number of hydrogen-bond acceptors (Lipinski definition) is 2. The van der Waals surface area contributed by atoms with Gasteiger partial charge in [0.25, 0.3) is 0 Å². The number of amides is 1. The van der Waals surface area contributed by atoms with Crippen molar-refractivity contribution in [1.82, 2.24) is 0 Å². The number of benzene rings is 2. The molecule has 1 aliphatic rings. The van der Waals surface area contributed by atoms with Crippen LogP contribution in [0.25, 0.3) is 0 Å². The zero-order valence-corrected chi connectivity index (χ0v) is 15.3. The zero-order valence-electron chi connectivity index (χ0n) is 12.9. The third kappa shape index (κ3) is 3.37. The Balaban J connectivity index is 1.81. The summed E-state index contributed by atoms with van der Waals surface area (Å²) in [7, 11) is 0. The van der Waals surface area contributed by atoms with Gasteiger partial charge in [-0.3, -0.25) is 4.79 Å². The van der Waals surface area contributed by atoms with Crippen molar-refractivity contribution in [2.45, 2.75) is 36.5 Å². The normalized spacial score (nSPS) is 17.9. The van der Waals surface area contributed by atoms with E-state index in [1.54, 1.807) is 18.2 Å². The monoisotopic (exact) mass is 365 g/mol. The number of anilines is 1. The van der Waals surface area contributed by atoms with Crippen LogP contribution >= 0.6 is 35.0 Å². The molecule has 0 saturated heterocycles. The highest BCUT2D eigenvalue weighted by molar-refractivity contribution is 8.00. The van der Waals surface area contributed by atoms with Crippen molar-refractivity contribution < 1.29 is 4.79 Å². The largest absolute Gasteiger partial charge is 0.308 e. The number of thioether (sulfide) groups is 1. The number of para-hydroxylation sites is 1. The summed E-state index contributed by atoms with van der Waals surface area (Å²) in [4.78, 5) is 15.7. The summed E-state index contributed by atoms with van der Waals surface area (Å²) in [5.74, 6) is 0.100. The fraction of sp³-hybridized carbons (Fsp3) is 0.278. The molecule has 0 aromatic heterocycles. The van der Waals surface area contributed by atoms with Gasteiger partial charge in [0, 0.05) is 21.6 Å². The van der Waals surface area contributed by atoms with Crippen molar-refractivity contribution in [1.29, 1.82) is 0 Å². The number of hydrogen-bond donors (Lipinski definition) is 0. The van der Waals surface area contributed by atoms with E-state index in [2.05, 4.69) is 13.0 Å². The molecule has 0 unspecified atom stereocenters. The number of rotatable bonds is 3. The summed E-state index contributed by atoms with van der Waals surface area (Å²) in [6.45, 7) is 4.00. The molecule has 0 spiro atoms. The fourth-order valence-corrected chi connectivity index (χ4v) is 4.36. The molecular weight excluding hydrogens is 349 g/mol. The molecule has 1 heterocycles. The SMILES string of the molecule is C[C@@H]1Cc2ccccc2N1C(=O)[C@@H](C)Sc1cc(Cl)ccc1Cl. The Labute approximate surface area is 150 Å². The molecular formula is C18H17Cl2NOS. The van der Waals surface area contributed by atoms with Crippen LogP contribution in [0.5, 0.6) is 0 Å². The first kappa shape index (κ1) is 16.7. The first-order chi connectivity index (χ1) is 11.0. The van der Waals surface area contributed by atoms with E-state index >= 15 is 0 Å². The van der Waals surface area contributed by atoms with Gasteiger partial charge in [-0.1, -0.05) is 41.4 Å². The third-order valence-corrected chi connectivity index (χ3v) is 5.81. The van der Waals surface area contributed by atoms with Gasteiger partial charge in [-0.05, 0) is 50.1 Å². The summed E-state index contributed by atoms with van der Waals surface area (Å²) in [5, 5.41) is 1.00. The van der Waals surface area contributed by atoms with Crippen molar-refractivity contribution in [3.05, 3.63) is 58.1 Å². The molecule has 2 nitrogen and oxygen atoms in total. The molecule has 0 fully saturated rings. The molecule has 0 bridgehead atoms. The number of halogens is 2. The minimum atomic E-state index is -0.237. The number of carbonyl (C=O) groups excluding carboxylic acids is 1. The van der Waals surface area contributed by atoms with E-state index in [4.69, 9.17) is 23.2 Å². The summed E-state index contributed by atoms with van der Waals surface area (Å²) in [6.07, 6.45) is 0.900. The maximum Gasteiger partial charge on any atom is 0.240 e. The quantitative estimate of drug-likeness (QED) is 0.673. The molecule has 2 atom stereocenters. The van der Waals surface area contributed by atoms with E-state index in [0.717, 1.165) is 17.0 Å². The van der Waals surface area contributed by atoms with Crippen LogP contribution < -0.4 is 4.90 Å². The molecule has 0 radical (unpaired) electrons. The van der Waals surface area contributed by atoms with Gasteiger partial charge in [0.15, 0.2) is 0 Å². The zero-order chi connectivity index (χ0) is 16.6. The van der Waals surface area contributed by atoms with Crippen LogP contribution in [0.15, 0.2) is 47.4 Å². The van der Waals surface area contributed by atoms with E-state index in [-0.39, 0.29) is 17.2 Å². The molecule has 0 saturated carbocycles. The lowest BCUT2D eigenvalue weighted by molar-refractivity contribution is -0.118. The van der Waals surface area contributed by atoms with Crippen molar-refractivity contribution in [3.63, 3.8) is 0 Å². The summed E-state index contributed by atoms with van der Waals surface area (Å²) in [6, 6.07) is 13.6. The first-order valence-corrected chi connectivity index (χ1v) is 9.13. The maximum atomic E-state index is 12.9. The summed E-state index contributed by atoms with van der Waals surface area (Å²) >= 11 is 13.7. The van der Waals surface area contributed by atoms with E-state index in [0.29, 0.717) is 10.0 Å². The van der Waals surface area contributed by atoms with Gasteiger partial charge in [-0.25, -0.2) is 0 Å². The Morgan fingerprint density at radius 3 is 2.78 bits per heavy atom. The van der Waals surface area contributed by atoms with Crippen molar-refractivity contribution in [2.24, 2.45) is 0 Å². The first-order valence-electron chi connectivity index (χ1n) is 7.50. The highest BCUT2D eigenvalue weighted by Crippen LogP contribution is 2.37. The maximum absolute atomic E-state index is 12.9. The second kappa shape index (κ2) is 6.76. The van der Waals surface area contributed by atoms with Crippen molar-refractivity contribution in [2.75, 3.05) is 4.90 Å². The highest BCUT2D eigenvalue weighted by atomic mass is 35.5. The predicted molar refractivity (Wildman–Crippen MR) is 98.9 cm³/mol. The number of carbonyl (C=O) groups is 1. The van der Waals surface area contributed by atoms with Gasteiger partial charge < -0.3 is 4.90 Å². The minimum Gasteiger partial charge on any atom is -0.308 e. The second-order valence-electron chi connectivity index (χ2n) is 5.72. The van der Waals surface area contributed by atoms with Gasteiger partial charge in [0.2, 0.25) is 5.91 Å². The standard InChI is InChI=1S/C18H17Cl2NOS/c1-11-9-13-5-3-4-6-16(13)21(11)18(22)12(2)23-17-10-14(19)7-8-15(17)20/h3-8,10-12H,9H2,1-2H3/t11-,12-/m1/s1. The lowest BCUT2D eigenvalue weighted by Crippen LogP contribution is -2.40. The lowest BCUT2D eigenvalue weighted by atomic mass is 10.1. The Morgan fingerprint density at radius 1 is 1.26 bits per heavy atom. The average molecular weight is 366 g/mol. The average Bonchev–Trinajstić information content (AvgIpc) is 2.86. The summed E-state index contributed by atoms with van der Waals surface area (Å²) in [5.41, 5.74) is 2.25. The molecule has 1 aliphatic heterocycles. The van der Waals surface area contributed by atoms with Crippen LogP contribution in [-0.2, 0) is 11.2 Å². The van der Waals surface area contributed by atoms with Crippen LogP contribution in [0.1, 0.15) is 19.4 Å². The molecule has 2 aromatic carbocycles. The highest BCUT2D eigenvalue weighted by Gasteiger charge is 2.33. The Kier molecular flexibility index (Phi) is 4.90. The molecule has 5 heteroatoms. The van der Waals surface area contributed by atoms with Crippen molar-refractivity contribution in [3.8, 4) is 0 Å². The van der Waals surface area contributed by atoms with E-state index in [9.17, 15) is 4.79 Å². The minimum absolute atomic E-state index is 0.100. The van der Waals surface area contributed by atoms with Gasteiger partial charge in [0.1, 0.15) is 0 Å². The van der Waals surface area contributed by atoms with Crippen LogP contribution in [0, 0.1) is 0 Å². The van der Waals surface area contributed by atoms with E-state index in [1.807, 2.05) is 30.0 Å². The predicted octanol–water partition coefficient (Wildman–Crippen LogP) is 5.45. The van der Waals surface area contributed by atoms with Gasteiger partial charge in [-0.15, -0.1) is 11.8 Å². The van der Waals surface area contributed by atoms with Gasteiger partial charge in [0.05, 0.1) is 10.3 Å². The van der Waals surface area contributed by atoms with Crippen LogP contribution in [0.3, 0.4) is 0 Å². The smallest absolute Gasteiger partial charge is 0.240 e. The Hall–Kier alpha value is -1.16. The van der Waals surface area contributed by atoms with Crippen LogP contribution in [-0.4, -0.2) is 17.2 Å². The molecule has 2 aromatic rings. The Morgan fingerprint density at radius 2 is 2.00 bits per heavy atom. The van der Waals surface area contributed by atoms with E-state index < -0.39 is 0 Å². The molecule has 23 heavy (non-hydrogen) atoms. The fourth-order valence-electron chi connectivity index (χ4n) is 2.91. The summed E-state index contributed by atoms with van der Waals surface area (Å²) < 4.78 is 0. The topological polar surface area (TPSA) is 20.3 Å². The number of nitrogens with zero attached hydrogens (tertiary/aromatic N) is 1. The van der Waals surface area contributed by atoms with Crippen molar-refractivity contribution >= 4 is 46.6 Å².